The molecule has 0 unspecified atom stereocenters. The maximum Gasteiger partial charge on any atom is 0.322 e. The van der Waals surface area contributed by atoms with E-state index in [9.17, 15) is 14.4 Å². The Hall–Kier alpha value is -1.63. The summed E-state index contributed by atoms with van der Waals surface area (Å²) in [4.78, 5) is 33.0. The van der Waals surface area contributed by atoms with Gasteiger partial charge in [-0.25, -0.2) is 0 Å². The second kappa shape index (κ2) is 3.69. The van der Waals surface area contributed by atoms with Crippen molar-refractivity contribution in [3.63, 3.8) is 0 Å². The third-order valence-electron chi connectivity index (χ3n) is 3.76. The number of rotatable bonds is 4. The van der Waals surface area contributed by atoms with Gasteiger partial charge in [0, 0.05) is 5.92 Å². The number of fused-ring (bicyclic) bond motifs is 1. The minimum absolute atomic E-state index is 0.0342. The zero-order valence-electron chi connectivity index (χ0n) is 9.05. The highest BCUT2D eigenvalue weighted by Gasteiger charge is 2.69. The number of carbonyl (C=O) groups excluding carboxylic acids is 1. The van der Waals surface area contributed by atoms with Gasteiger partial charge in [0.05, 0.1) is 11.5 Å². The van der Waals surface area contributed by atoms with E-state index < -0.39 is 35.8 Å². The molecule has 1 amide bonds. The van der Waals surface area contributed by atoms with E-state index in [-0.39, 0.29) is 11.8 Å². The smallest absolute Gasteiger partial charge is 0.322 e. The van der Waals surface area contributed by atoms with Crippen LogP contribution in [0, 0.1) is 17.8 Å². The zero-order chi connectivity index (χ0) is 12.8. The standard InChI is InChI=1S/C10H14N2O5/c11-10(9(17)12-3-5(13)14)2-1-4-6(7(4)10)8(15)16/h4,6-7H,1-3,11H2,(H,12,17)(H,13,14)(H,15,16)/t4-,6+,7+,10+/m1/s1. The van der Waals surface area contributed by atoms with Gasteiger partial charge >= 0.3 is 11.9 Å². The van der Waals surface area contributed by atoms with Crippen molar-refractivity contribution in [3.8, 4) is 0 Å². The average molecular weight is 242 g/mol. The lowest BCUT2D eigenvalue weighted by Gasteiger charge is -2.25. The lowest BCUT2D eigenvalue weighted by molar-refractivity contribution is -0.141. The minimum atomic E-state index is -1.22. The summed E-state index contributed by atoms with van der Waals surface area (Å²) in [6.45, 7) is -0.493. The average Bonchev–Trinajstić information content (AvgIpc) is 2.89. The first-order chi connectivity index (χ1) is 7.88. The highest BCUT2D eigenvalue weighted by Crippen LogP contribution is 2.61. The number of carbonyl (C=O) groups is 3. The monoisotopic (exact) mass is 242 g/mol. The van der Waals surface area contributed by atoms with Gasteiger partial charge in [-0.2, -0.15) is 0 Å². The lowest BCUT2D eigenvalue weighted by Crippen LogP contribution is -2.56. The van der Waals surface area contributed by atoms with Crippen LogP contribution in [-0.4, -0.2) is 40.1 Å². The van der Waals surface area contributed by atoms with Crippen molar-refractivity contribution < 1.29 is 24.6 Å². The summed E-state index contributed by atoms with van der Waals surface area (Å²) in [5, 5.41) is 19.6. The minimum Gasteiger partial charge on any atom is -0.481 e. The van der Waals surface area contributed by atoms with Crippen molar-refractivity contribution in [2.75, 3.05) is 6.54 Å². The van der Waals surface area contributed by atoms with Crippen molar-refractivity contribution in [2.45, 2.75) is 18.4 Å². The number of carboxylic acid groups (broad SMARTS) is 2. The van der Waals surface area contributed by atoms with Crippen LogP contribution in [0.5, 0.6) is 0 Å². The van der Waals surface area contributed by atoms with Crippen LogP contribution in [0.4, 0.5) is 0 Å². The number of amides is 1. The SMILES string of the molecule is N[C@@]1(C(=O)NCC(=O)O)CC[C@@H]2[C@H](C(=O)O)[C@H]21. The molecule has 0 aliphatic heterocycles. The van der Waals surface area contributed by atoms with Crippen molar-refractivity contribution in [3.05, 3.63) is 0 Å². The second-order valence-corrected chi connectivity index (χ2v) is 4.71. The van der Waals surface area contributed by atoms with E-state index in [0.29, 0.717) is 12.8 Å². The number of nitrogens with one attached hydrogen (secondary N) is 1. The molecule has 5 N–H and O–H groups in total. The number of carboxylic acids is 2. The molecule has 2 aliphatic carbocycles. The maximum absolute atomic E-state index is 11.8. The molecule has 0 radical (unpaired) electrons. The summed E-state index contributed by atoms with van der Waals surface area (Å²) in [6, 6.07) is 0. The van der Waals surface area contributed by atoms with Gasteiger partial charge in [-0.1, -0.05) is 0 Å². The number of nitrogens with two attached hydrogens (primary N) is 1. The number of aliphatic carboxylic acids is 2. The van der Waals surface area contributed by atoms with Gasteiger partial charge in [0.25, 0.3) is 0 Å². The molecule has 7 nitrogen and oxygen atoms in total. The molecule has 0 aromatic heterocycles. The number of hydrogen-bond acceptors (Lipinski definition) is 4. The van der Waals surface area contributed by atoms with Gasteiger partial charge in [0.2, 0.25) is 5.91 Å². The molecule has 2 saturated carbocycles. The van der Waals surface area contributed by atoms with Crippen LogP contribution in [0.3, 0.4) is 0 Å². The van der Waals surface area contributed by atoms with Gasteiger partial charge in [-0.05, 0) is 18.8 Å². The van der Waals surface area contributed by atoms with Gasteiger partial charge in [-0.15, -0.1) is 0 Å². The molecule has 0 heterocycles. The Morgan fingerprint density at radius 2 is 2.00 bits per heavy atom. The van der Waals surface area contributed by atoms with E-state index in [1.54, 1.807) is 0 Å². The third-order valence-corrected chi connectivity index (χ3v) is 3.76. The van der Waals surface area contributed by atoms with E-state index in [4.69, 9.17) is 15.9 Å². The molecule has 0 aromatic rings. The van der Waals surface area contributed by atoms with Gasteiger partial charge < -0.3 is 21.3 Å². The van der Waals surface area contributed by atoms with Crippen LogP contribution >= 0.6 is 0 Å². The van der Waals surface area contributed by atoms with Crippen LogP contribution in [0.2, 0.25) is 0 Å². The second-order valence-electron chi connectivity index (χ2n) is 4.71. The van der Waals surface area contributed by atoms with Gasteiger partial charge in [0.1, 0.15) is 6.54 Å². The summed E-state index contributed by atoms with van der Waals surface area (Å²) >= 11 is 0. The third kappa shape index (κ3) is 1.76. The van der Waals surface area contributed by atoms with Crippen LogP contribution < -0.4 is 11.1 Å². The Labute approximate surface area is 97.0 Å². The predicted octanol–water partition coefficient (Wildman–Crippen LogP) is -1.37. The summed E-state index contributed by atoms with van der Waals surface area (Å²) in [5.41, 5.74) is 4.71. The summed E-state index contributed by atoms with van der Waals surface area (Å²) in [7, 11) is 0. The molecular formula is C10H14N2O5. The number of hydrogen-bond donors (Lipinski definition) is 4. The van der Waals surface area contributed by atoms with Crippen LogP contribution in [0.1, 0.15) is 12.8 Å². The molecule has 7 heteroatoms. The summed E-state index contributed by atoms with van der Waals surface area (Å²) in [6.07, 6.45) is 1.02. The molecule has 4 atom stereocenters. The van der Waals surface area contributed by atoms with Crippen molar-refractivity contribution in [1.29, 1.82) is 0 Å². The molecule has 0 bridgehead atoms. The van der Waals surface area contributed by atoms with Gasteiger partial charge in [0.15, 0.2) is 0 Å². The topological polar surface area (TPSA) is 130 Å². The molecule has 2 aliphatic rings. The fourth-order valence-corrected chi connectivity index (χ4v) is 2.93. The first-order valence-electron chi connectivity index (χ1n) is 5.39. The zero-order valence-corrected chi connectivity index (χ0v) is 9.05. The molecule has 0 saturated heterocycles. The van der Waals surface area contributed by atoms with E-state index >= 15 is 0 Å². The van der Waals surface area contributed by atoms with Crippen molar-refractivity contribution >= 4 is 17.8 Å². The van der Waals surface area contributed by atoms with E-state index in [1.807, 2.05) is 0 Å². The Morgan fingerprint density at radius 1 is 1.35 bits per heavy atom. The molecule has 94 valence electrons. The fourth-order valence-electron chi connectivity index (χ4n) is 2.93. The van der Waals surface area contributed by atoms with E-state index in [0.717, 1.165) is 0 Å². The Balaban J connectivity index is 2.02. The Bertz CT molecular complexity index is 396. The highest BCUT2D eigenvalue weighted by atomic mass is 16.4. The first kappa shape index (κ1) is 11.8. The van der Waals surface area contributed by atoms with Crippen LogP contribution in [-0.2, 0) is 14.4 Å². The van der Waals surface area contributed by atoms with Crippen LogP contribution in [0.15, 0.2) is 0 Å². The molecule has 0 aromatic carbocycles. The highest BCUT2D eigenvalue weighted by molar-refractivity contribution is 5.91. The van der Waals surface area contributed by atoms with E-state index in [1.165, 1.54) is 0 Å². The summed E-state index contributed by atoms with van der Waals surface area (Å²) in [5.74, 6) is -3.58. The maximum atomic E-state index is 11.8. The van der Waals surface area contributed by atoms with Crippen molar-refractivity contribution in [1.82, 2.24) is 5.32 Å². The van der Waals surface area contributed by atoms with Gasteiger partial charge in [-0.3, -0.25) is 14.4 Å². The summed E-state index contributed by atoms with van der Waals surface area (Å²) < 4.78 is 0. The largest absolute Gasteiger partial charge is 0.481 e. The molecule has 0 spiro atoms. The molecule has 17 heavy (non-hydrogen) atoms. The lowest BCUT2D eigenvalue weighted by atomic mass is 9.90. The van der Waals surface area contributed by atoms with Crippen LogP contribution in [0.25, 0.3) is 0 Å². The predicted molar refractivity (Wildman–Crippen MR) is 54.9 cm³/mol. The molecular weight excluding hydrogens is 228 g/mol. The van der Waals surface area contributed by atoms with Crippen molar-refractivity contribution in [2.24, 2.45) is 23.5 Å². The Kier molecular flexibility index (Phi) is 2.57. The molecule has 2 fully saturated rings. The Morgan fingerprint density at radius 3 is 2.47 bits per heavy atom. The van der Waals surface area contributed by atoms with E-state index in [2.05, 4.69) is 5.32 Å². The fraction of sp³-hybridized carbons (Fsp3) is 0.700. The normalized spacial score (nSPS) is 38.3. The first-order valence-corrected chi connectivity index (χ1v) is 5.39. The molecule has 2 rings (SSSR count). The quantitative estimate of drug-likeness (QED) is 0.481.